The Morgan fingerprint density at radius 3 is 2.41 bits per heavy atom. The Hall–Kier alpha value is -3.01. The molecular formula is C17H20N4O5S. The van der Waals surface area contributed by atoms with Gasteiger partial charge in [0, 0.05) is 24.4 Å². The molecule has 2 aromatic rings. The third-order valence-corrected chi connectivity index (χ3v) is 4.93. The molecule has 0 atom stereocenters. The average Bonchev–Trinajstić information content (AvgIpc) is 2.57. The zero-order valence-corrected chi connectivity index (χ0v) is 15.7. The molecule has 0 bridgehead atoms. The summed E-state index contributed by atoms with van der Waals surface area (Å²) in [7, 11) is -3.93. The molecule has 1 aromatic heterocycles. The first-order chi connectivity index (χ1) is 12.7. The van der Waals surface area contributed by atoms with Crippen LogP contribution in [0, 0.1) is 0 Å². The second kappa shape index (κ2) is 8.58. The molecule has 0 saturated carbocycles. The van der Waals surface area contributed by atoms with Gasteiger partial charge >= 0.3 is 0 Å². The Kier molecular flexibility index (Phi) is 6.45. The van der Waals surface area contributed by atoms with E-state index in [9.17, 15) is 22.8 Å². The minimum absolute atomic E-state index is 0.109. The van der Waals surface area contributed by atoms with Crippen LogP contribution in [0.15, 0.2) is 46.3 Å². The molecule has 0 aliphatic carbocycles. The summed E-state index contributed by atoms with van der Waals surface area (Å²) in [6.45, 7) is 2.86. The summed E-state index contributed by atoms with van der Waals surface area (Å²) in [5.74, 6) is -1.16. The second-order valence-electron chi connectivity index (χ2n) is 5.83. The van der Waals surface area contributed by atoms with Crippen LogP contribution in [0.4, 0.5) is 5.69 Å². The molecule has 0 spiro atoms. The number of hydrogen-bond donors (Lipinski definition) is 2. The van der Waals surface area contributed by atoms with Crippen LogP contribution in [-0.2, 0) is 32.6 Å². The Morgan fingerprint density at radius 2 is 1.85 bits per heavy atom. The highest BCUT2D eigenvalue weighted by molar-refractivity contribution is 7.90. The van der Waals surface area contributed by atoms with Crippen LogP contribution in [-0.4, -0.2) is 29.8 Å². The minimum atomic E-state index is -3.93. The van der Waals surface area contributed by atoms with Gasteiger partial charge in [0.1, 0.15) is 6.54 Å². The zero-order chi connectivity index (χ0) is 20.0. The summed E-state index contributed by atoms with van der Waals surface area (Å²) in [4.78, 5) is 39.0. The Labute approximate surface area is 156 Å². The fourth-order valence-electron chi connectivity index (χ4n) is 2.30. The van der Waals surface area contributed by atoms with Crippen molar-refractivity contribution in [3.8, 4) is 0 Å². The quantitative estimate of drug-likeness (QED) is 0.713. The molecule has 0 radical (unpaired) electrons. The van der Waals surface area contributed by atoms with Crippen molar-refractivity contribution in [2.24, 2.45) is 0 Å². The van der Waals surface area contributed by atoms with Crippen LogP contribution in [0.25, 0.3) is 0 Å². The number of nitrogens with one attached hydrogen (secondary N) is 2. The maximum atomic E-state index is 12.1. The Morgan fingerprint density at radius 1 is 1.19 bits per heavy atom. The summed E-state index contributed by atoms with van der Waals surface area (Å²) in [6.07, 6.45) is 2.89. The second-order valence-corrected chi connectivity index (χ2v) is 7.51. The van der Waals surface area contributed by atoms with Gasteiger partial charge in [-0.15, -0.1) is 0 Å². The largest absolute Gasteiger partial charge is 0.325 e. The summed E-state index contributed by atoms with van der Waals surface area (Å²) < 4.78 is 26.8. The predicted molar refractivity (Wildman–Crippen MR) is 98.6 cm³/mol. The molecule has 0 aliphatic heterocycles. The van der Waals surface area contributed by atoms with E-state index < -0.39 is 21.8 Å². The van der Waals surface area contributed by atoms with Crippen molar-refractivity contribution >= 4 is 27.5 Å². The highest BCUT2D eigenvalue weighted by Crippen LogP contribution is 2.14. The molecular weight excluding hydrogens is 372 g/mol. The SMILES string of the molecule is CCCc1cc(=O)n(CC(=O)Nc2ccc(S(=O)(=O)NC(C)=O)cc2)cn1. The maximum Gasteiger partial charge on any atom is 0.264 e. The first kappa shape index (κ1) is 20.3. The topological polar surface area (TPSA) is 127 Å². The van der Waals surface area contributed by atoms with Gasteiger partial charge < -0.3 is 5.32 Å². The van der Waals surface area contributed by atoms with Crippen molar-refractivity contribution in [2.45, 2.75) is 38.1 Å². The monoisotopic (exact) mass is 392 g/mol. The number of aromatic nitrogens is 2. The summed E-state index contributed by atoms with van der Waals surface area (Å²) in [5, 5.41) is 2.57. The van der Waals surface area contributed by atoms with Gasteiger partial charge in [-0.2, -0.15) is 0 Å². The van der Waals surface area contributed by atoms with Gasteiger partial charge in [0.05, 0.1) is 11.2 Å². The van der Waals surface area contributed by atoms with E-state index in [1.165, 1.54) is 41.2 Å². The van der Waals surface area contributed by atoms with Crippen LogP contribution in [0.2, 0.25) is 0 Å². The lowest BCUT2D eigenvalue weighted by molar-refractivity contribution is -0.117. The number of amides is 2. The molecule has 2 rings (SSSR count). The molecule has 27 heavy (non-hydrogen) atoms. The molecule has 1 heterocycles. The average molecular weight is 392 g/mol. The molecule has 144 valence electrons. The van der Waals surface area contributed by atoms with Crippen molar-refractivity contribution in [2.75, 3.05) is 5.32 Å². The van der Waals surface area contributed by atoms with E-state index in [-0.39, 0.29) is 17.0 Å². The normalized spacial score (nSPS) is 11.0. The Bertz CT molecular complexity index is 997. The van der Waals surface area contributed by atoms with Gasteiger partial charge in [0.2, 0.25) is 11.8 Å². The predicted octanol–water partition coefficient (Wildman–Crippen LogP) is 0.659. The smallest absolute Gasteiger partial charge is 0.264 e. The molecule has 2 amide bonds. The van der Waals surface area contributed by atoms with Crippen LogP contribution in [0.1, 0.15) is 26.0 Å². The molecule has 0 fully saturated rings. The van der Waals surface area contributed by atoms with Crippen LogP contribution < -0.4 is 15.6 Å². The number of carbonyl (C=O) groups excluding carboxylic acids is 2. The van der Waals surface area contributed by atoms with Crippen LogP contribution in [0.3, 0.4) is 0 Å². The molecule has 1 aromatic carbocycles. The molecule has 10 heteroatoms. The maximum absolute atomic E-state index is 12.1. The molecule has 9 nitrogen and oxygen atoms in total. The standard InChI is InChI=1S/C17H20N4O5S/c1-3-4-14-9-17(24)21(11-18-14)10-16(23)19-13-5-7-15(8-6-13)27(25,26)20-12(2)22/h5-9,11H,3-4,10H2,1-2H3,(H,19,23)(H,20,22). The summed E-state index contributed by atoms with van der Waals surface area (Å²) in [5.41, 5.74) is 0.709. The van der Waals surface area contributed by atoms with Gasteiger partial charge in [0.25, 0.3) is 15.6 Å². The first-order valence-electron chi connectivity index (χ1n) is 8.20. The third kappa shape index (κ3) is 5.74. The van der Waals surface area contributed by atoms with Gasteiger partial charge in [-0.1, -0.05) is 13.3 Å². The van der Waals surface area contributed by atoms with E-state index in [2.05, 4.69) is 10.3 Å². The van der Waals surface area contributed by atoms with E-state index in [1.54, 1.807) is 0 Å². The van der Waals surface area contributed by atoms with Gasteiger partial charge in [-0.3, -0.25) is 19.0 Å². The number of rotatable bonds is 7. The number of hydrogen-bond acceptors (Lipinski definition) is 6. The van der Waals surface area contributed by atoms with Crippen molar-refractivity contribution in [1.82, 2.24) is 14.3 Å². The molecule has 0 saturated heterocycles. The fourth-order valence-corrected chi connectivity index (χ4v) is 3.29. The van der Waals surface area contributed by atoms with Crippen molar-refractivity contribution in [3.63, 3.8) is 0 Å². The number of sulfonamides is 1. The highest BCUT2D eigenvalue weighted by Gasteiger charge is 2.15. The summed E-state index contributed by atoms with van der Waals surface area (Å²) in [6, 6.07) is 6.69. The summed E-state index contributed by atoms with van der Waals surface area (Å²) >= 11 is 0. The number of nitrogens with zero attached hydrogens (tertiary/aromatic N) is 2. The minimum Gasteiger partial charge on any atom is -0.325 e. The number of carbonyl (C=O) groups is 2. The highest BCUT2D eigenvalue weighted by atomic mass is 32.2. The van der Waals surface area contributed by atoms with Gasteiger partial charge in [-0.25, -0.2) is 18.1 Å². The van der Waals surface area contributed by atoms with Crippen molar-refractivity contribution in [1.29, 1.82) is 0 Å². The van der Waals surface area contributed by atoms with Crippen LogP contribution in [0.5, 0.6) is 0 Å². The fraction of sp³-hybridized carbons (Fsp3) is 0.294. The van der Waals surface area contributed by atoms with E-state index in [0.717, 1.165) is 13.3 Å². The van der Waals surface area contributed by atoms with E-state index >= 15 is 0 Å². The number of anilines is 1. The van der Waals surface area contributed by atoms with E-state index in [0.29, 0.717) is 17.8 Å². The molecule has 2 N–H and O–H groups in total. The Balaban J connectivity index is 2.04. The van der Waals surface area contributed by atoms with E-state index in [1.807, 2.05) is 11.6 Å². The molecule has 0 unspecified atom stereocenters. The third-order valence-electron chi connectivity index (χ3n) is 3.48. The number of aryl methyl sites for hydroxylation is 1. The lowest BCUT2D eigenvalue weighted by Gasteiger charge is -2.09. The van der Waals surface area contributed by atoms with E-state index in [4.69, 9.17) is 0 Å². The van der Waals surface area contributed by atoms with Crippen LogP contribution >= 0.6 is 0 Å². The zero-order valence-electron chi connectivity index (χ0n) is 14.9. The number of benzene rings is 1. The van der Waals surface area contributed by atoms with Crippen molar-refractivity contribution < 1.29 is 18.0 Å². The van der Waals surface area contributed by atoms with Gasteiger partial charge in [-0.05, 0) is 30.7 Å². The van der Waals surface area contributed by atoms with Crippen molar-refractivity contribution in [3.05, 3.63) is 52.7 Å². The lowest BCUT2D eigenvalue weighted by atomic mass is 10.2. The van der Waals surface area contributed by atoms with Gasteiger partial charge in [0.15, 0.2) is 0 Å². The molecule has 0 aliphatic rings. The first-order valence-corrected chi connectivity index (χ1v) is 9.68. The lowest BCUT2D eigenvalue weighted by Crippen LogP contribution is -2.28.